The number of carbonyl (C=O) groups excluding carboxylic acids is 1. The predicted molar refractivity (Wildman–Crippen MR) is 95.8 cm³/mol. The third-order valence-corrected chi connectivity index (χ3v) is 4.46. The van der Waals surface area contributed by atoms with Gasteiger partial charge in [0.25, 0.3) is 11.5 Å². The first kappa shape index (κ1) is 18.2. The molecule has 1 amide bonds. The second-order valence-corrected chi connectivity index (χ2v) is 6.39. The molecule has 1 aromatic carbocycles. The van der Waals surface area contributed by atoms with Crippen LogP contribution in [-0.2, 0) is 6.54 Å². The Labute approximate surface area is 153 Å². The quantitative estimate of drug-likeness (QED) is 0.508. The number of hydrogen-bond acceptors (Lipinski definition) is 6. The monoisotopic (exact) mass is 390 g/mol. The molecule has 3 aromatic rings. The van der Waals surface area contributed by atoms with Gasteiger partial charge in [0, 0.05) is 22.8 Å². The number of nitrogens with one attached hydrogen (secondary N) is 2. The van der Waals surface area contributed by atoms with E-state index in [1.54, 1.807) is 17.5 Å². The van der Waals surface area contributed by atoms with E-state index in [0.717, 1.165) is 33.8 Å². The highest BCUT2D eigenvalue weighted by Gasteiger charge is 2.18. The molecule has 11 heteroatoms. The highest BCUT2D eigenvalue weighted by atomic mass is 32.1. The van der Waals surface area contributed by atoms with Gasteiger partial charge in [0.2, 0.25) is 5.82 Å². The van der Waals surface area contributed by atoms with E-state index in [2.05, 4.69) is 10.3 Å². The summed E-state index contributed by atoms with van der Waals surface area (Å²) in [7, 11) is 0. The number of H-pyrrole nitrogens is 1. The van der Waals surface area contributed by atoms with Gasteiger partial charge in [0.15, 0.2) is 0 Å². The fourth-order valence-electron chi connectivity index (χ4n) is 2.30. The first-order chi connectivity index (χ1) is 12.9. The molecule has 0 unspecified atom stereocenters. The van der Waals surface area contributed by atoms with Crippen LogP contribution < -0.4 is 16.6 Å². The van der Waals surface area contributed by atoms with Gasteiger partial charge in [-0.3, -0.25) is 24.3 Å². The number of benzene rings is 1. The van der Waals surface area contributed by atoms with Crippen molar-refractivity contribution in [2.24, 2.45) is 0 Å². The van der Waals surface area contributed by atoms with Crippen LogP contribution in [0.5, 0.6) is 0 Å². The van der Waals surface area contributed by atoms with Crippen molar-refractivity contribution >= 4 is 28.6 Å². The highest BCUT2D eigenvalue weighted by molar-refractivity contribution is 7.09. The number of aromatic amines is 1. The minimum atomic E-state index is -1.06. The Morgan fingerprint density at radius 1 is 1.33 bits per heavy atom. The van der Waals surface area contributed by atoms with Crippen LogP contribution in [-0.4, -0.2) is 20.4 Å². The van der Waals surface area contributed by atoms with E-state index in [-0.39, 0.29) is 17.8 Å². The summed E-state index contributed by atoms with van der Waals surface area (Å²) in [6, 6.07) is 6.28. The number of hydrogen-bond donors (Lipinski definition) is 2. The molecule has 2 heterocycles. The third-order valence-electron chi connectivity index (χ3n) is 3.60. The lowest BCUT2D eigenvalue weighted by molar-refractivity contribution is -0.387. The van der Waals surface area contributed by atoms with Gasteiger partial charge in [-0.1, -0.05) is 6.07 Å². The first-order valence-electron chi connectivity index (χ1n) is 7.47. The summed E-state index contributed by atoms with van der Waals surface area (Å²) < 4.78 is 14.2. The van der Waals surface area contributed by atoms with Crippen LogP contribution in [0.1, 0.15) is 15.2 Å². The van der Waals surface area contributed by atoms with Crippen LogP contribution in [0.2, 0.25) is 0 Å². The van der Waals surface area contributed by atoms with E-state index in [0.29, 0.717) is 0 Å². The SMILES string of the molecule is O=C(Nc1ccc(F)c([N+](=O)[O-])c1)c1c[nH]c(=O)n(Cc2cccs2)c1=O. The first-order valence-corrected chi connectivity index (χ1v) is 8.35. The second-order valence-electron chi connectivity index (χ2n) is 5.36. The van der Waals surface area contributed by atoms with Gasteiger partial charge in [-0.2, -0.15) is 4.39 Å². The van der Waals surface area contributed by atoms with Crippen molar-refractivity contribution in [1.29, 1.82) is 0 Å². The van der Waals surface area contributed by atoms with E-state index in [1.165, 1.54) is 11.3 Å². The Hall–Kier alpha value is -3.60. The molecule has 0 radical (unpaired) electrons. The predicted octanol–water partition coefficient (Wildman–Crippen LogP) is 1.95. The smallest absolute Gasteiger partial charge is 0.322 e. The molecular formula is C16H11FN4O5S. The van der Waals surface area contributed by atoms with Crippen LogP contribution in [0.3, 0.4) is 0 Å². The van der Waals surface area contributed by atoms with E-state index in [1.807, 2.05) is 0 Å². The average molecular weight is 390 g/mol. The van der Waals surface area contributed by atoms with Crippen molar-refractivity contribution in [3.05, 3.63) is 89.1 Å². The molecule has 0 bridgehead atoms. The summed E-state index contributed by atoms with van der Waals surface area (Å²) >= 11 is 1.35. The molecule has 0 aliphatic rings. The lowest BCUT2D eigenvalue weighted by atomic mass is 10.2. The van der Waals surface area contributed by atoms with Gasteiger partial charge in [-0.25, -0.2) is 4.79 Å². The standard InChI is InChI=1S/C16H11FN4O5S/c17-12-4-3-9(6-13(12)21(25)26)19-14(22)11-7-18-16(24)20(15(11)23)8-10-2-1-5-27-10/h1-7H,8H2,(H,18,24)(H,19,22). The zero-order valence-corrected chi connectivity index (χ0v) is 14.3. The normalized spacial score (nSPS) is 10.6. The van der Waals surface area contributed by atoms with Crippen LogP contribution in [0.15, 0.2) is 51.5 Å². The van der Waals surface area contributed by atoms with Crippen molar-refractivity contribution in [3.8, 4) is 0 Å². The Balaban J connectivity index is 1.92. The number of aromatic nitrogens is 2. The molecule has 0 aliphatic carbocycles. The largest absolute Gasteiger partial charge is 0.328 e. The summed E-state index contributed by atoms with van der Waals surface area (Å²) in [5.41, 5.74) is -2.74. The maximum atomic E-state index is 13.4. The summed E-state index contributed by atoms with van der Waals surface area (Å²) in [5.74, 6) is -1.95. The van der Waals surface area contributed by atoms with Gasteiger partial charge in [0.05, 0.1) is 11.5 Å². The molecule has 27 heavy (non-hydrogen) atoms. The minimum Gasteiger partial charge on any atom is -0.322 e. The van der Waals surface area contributed by atoms with Crippen LogP contribution in [0, 0.1) is 15.9 Å². The lowest BCUT2D eigenvalue weighted by Gasteiger charge is -2.07. The Morgan fingerprint density at radius 3 is 2.78 bits per heavy atom. The van der Waals surface area contributed by atoms with E-state index < -0.39 is 33.6 Å². The van der Waals surface area contributed by atoms with Crippen molar-refractivity contribution in [2.75, 3.05) is 5.32 Å². The number of nitrogens with zero attached hydrogens (tertiary/aromatic N) is 2. The summed E-state index contributed by atoms with van der Waals surface area (Å²) in [4.78, 5) is 49.7. The van der Waals surface area contributed by atoms with Crippen LogP contribution >= 0.6 is 11.3 Å². The number of amides is 1. The average Bonchev–Trinajstić information content (AvgIpc) is 3.13. The van der Waals surface area contributed by atoms with Gasteiger partial charge in [-0.15, -0.1) is 11.3 Å². The number of carbonyl (C=O) groups is 1. The van der Waals surface area contributed by atoms with Gasteiger partial charge in [0.1, 0.15) is 5.56 Å². The Morgan fingerprint density at radius 2 is 2.11 bits per heavy atom. The molecule has 0 spiro atoms. The molecule has 2 N–H and O–H groups in total. The fourth-order valence-corrected chi connectivity index (χ4v) is 3.00. The maximum Gasteiger partial charge on any atom is 0.328 e. The zero-order valence-electron chi connectivity index (χ0n) is 13.5. The molecule has 2 aromatic heterocycles. The number of anilines is 1. The molecule has 9 nitrogen and oxygen atoms in total. The van der Waals surface area contributed by atoms with E-state index in [9.17, 15) is 28.9 Å². The lowest BCUT2D eigenvalue weighted by Crippen LogP contribution is -2.39. The summed E-state index contributed by atoms with van der Waals surface area (Å²) in [5, 5.41) is 14.8. The highest BCUT2D eigenvalue weighted by Crippen LogP contribution is 2.21. The Bertz CT molecular complexity index is 1140. The molecule has 138 valence electrons. The second kappa shape index (κ2) is 7.33. The van der Waals surface area contributed by atoms with Crippen molar-refractivity contribution in [1.82, 2.24) is 9.55 Å². The van der Waals surface area contributed by atoms with Crippen molar-refractivity contribution in [2.45, 2.75) is 6.54 Å². The van der Waals surface area contributed by atoms with Gasteiger partial charge >= 0.3 is 11.4 Å². The number of nitro groups is 1. The molecule has 0 saturated carbocycles. The molecule has 0 atom stereocenters. The third kappa shape index (κ3) is 3.82. The number of thiophene rings is 1. The minimum absolute atomic E-state index is 0.00499. The van der Waals surface area contributed by atoms with Crippen molar-refractivity contribution < 1.29 is 14.1 Å². The molecule has 0 fully saturated rings. The number of halogens is 1. The summed E-state index contributed by atoms with van der Waals surface area (Å²) in [6.07, 6.45) is 0.961. The van der Waals surface area contributed by atoms with Gasteiger partial charge in [-0.05, 0) is 23.6 Å². The molecule has 0 aliphatic heterocycles. The topological polar surface area (TPSA) is 127 Å². The zero-order chi connectivity index (χ0) is 19.6. The fraction of sp³-hybridized carbons (Fsp3) is 0.0625. The maximum absolute atomic E-state index is 13.4. The molecule has 0 saturated heterocycles. The van der Waals surface area contributed by atoms with E-state index in [4.69, 9.17) is 0 Å². The number of nitro benzene ring substituents is 1. The summed E-state index contributed by atoms with van der Waals surface area (Å²) in [6.45, 7) is -0.00499. The Kier molecular flexibility index (Phi) is 4.94. The van der Waals surface area contributed by atoms with Crippen LogP contribution in [0.4, 0.5) is 15.8 Å². The molecule has 3 rings (SSSR count). The van der Waals surface area contributed by atoms with Gasteiger partial charge < -0.3 is 10.3 Å². The van der Waals surface area contributed by atoms with Crippen LogP contribution in [0.25, 0.3) is 0 Å². The number of rotatable bonds is 5. The van der Waals surface area contributed by atoms with Crippen molar-refractivity contribution in [3.63, 3.8) is 0 Å². The molecular weight excluding hydrogens is 379 g/mol. The van der Waals surface area contributed by atoms with E-state index >= 15 is 0 Å².